The van der Waals surface area contributed by atoms with Crippen LogP contribution in [0.5, 0.6) is 0 Å². The summed E-state index contributed by atoms with van der Waals surface area (Å²) in [5.41, 5.74) is 3.30. The lowest BCUT2D eigenvalue weighted by atomic mass is 10.0. The molecule has 0 atom stereocenters. The van der Waals surface area contributed by atoms with Gasteiger partial charge in [0.15, 0.2) is 0 Å². The van der Waals surface area contributed by atoms with Crippen molar-refractivity contribution in [1.82, 2.24) is 29.6 Å². The maximum absolute atomic E-state index is 13.5. The van der Waals surface area contributed by atoms with E-state index in [0.717, 1.165) is 16.9 Å². The van der Waals surface area contributed by atoms with Gasteiger partial charge in [0.2, 0.25) is 5.95 Å². The summed E-state index contributed by atoms with van der Waals surface area (Å²) in [6, 6.07) is 13.4. The number of benzene rings is 1. The van der Waals surface area contributed by atoms with Crippen LogP contribution in [-0.4, -0.2) is 75.9 Å². The zero-order valence-corrected chi connectivity index (χ0v) is 19.6. The molecule has 1 fully saturated rings. The van der Waals surface area contributed by atoms with Gasteiger partial charge < -0.3 is 19.9 Å². The minimum Gasteiger partial charge on any atom is -0.378 e. The predicted molar refractivity (Wildman–Crippen MR) is 133 cm³/mol. The van der Waals surface area contributed by atoms with Crippen molar-refractivity contribution in [2.24, 2.45) is 0 Å². The largest absolute Gasteiger partial charge is 0.378 e. The summed E-state index contributed by atoms with van der Waals surface area (Å²) in [6.07, 6.45) is 6.99. The summed E-state index contributed by atoms with van der Waals surface area (Å²) in [6.45, 7) is 2.52. The van der Waals surface area contributed by atoms with Gasteiger partial charge in [0.1, 0.15) is 11.4 Å². The SMILES string of the molecule is CN(C)C(=O)c1c(Nc2cccnc2)nc(N2CCOCC2)nc1-c1cccc(-n2cccn2)c1. The zero-order valence-electron chi connectivity index (χ0n) is 19.6. The highest BCUT2D eigenvalue weighted by Crippen LogP contribution is 2.32. The van der Waals surface area contributed by atoms with Crippen molar-refractivity contribution in [3.8, 4) is 16.9 Å². The number of pyridine rings is 1. The highest BCUT2D eigenvalue weighted by Gasteiger charge is 2.26. The van der Waals surface area contributed by atoms with Crippen LogP contribution in [0.15, 0.2) is 67.3 Å². The molecule has 0 aliphatic carbocycles. The summed E-state index contributed by atoms with van der Waals surface area (Å²) < 4.78 is 7.29. The van der Waals surface area contributed by atoms with Gasteiger partial charge in [0.25, 0.3) is 5.91 Å². The number of hydrogen-bond donors (Lipinski definition) is 1. The molecule has 0 bridgehead atoms. The molecule has 35 heavy (non-hydrogen) atoms. The van der Waals surface area contributed by atoms with Crippen LogP contribution in [0.3, 0.4) is 0 Å². The van der Waals surface area contributed by atoms with E-state index in [0.29, 0.717) is 49.3 Å². The van der Waals surface area contributed by atoms with E-state index in [1.54, 1.807) is 37.4 Å². The fourth-order valence-electron chi connectivity index (χ4n) is 3.87. The molecule has 1 aliphatic heterocycles. The Hall–Kier alpha value is -4.31. The Bertz CT molecular complexity index is 1300. The molecule has 10 heteroatoms. The summed E-state index contributed by atoms with van der Waals surface area (Å²) in [5, 5.41) is 7.64. The first-order valence-electron chi connectivity index (χ1n) is 11.3. The van der Waals surface area contributed by atoms with Crippen molar-refractivity contribution in [1.29, 1.82) is 0 Å². The summed E-state index contributed by atoms with van der Waals surface area (Å²) in [5.74, 6) is 0.756. The molecule has 0 unspecified atom stereocenters. The number of carbonyl (C=O) groups is 1. The number of morpholine rings is 1. The topological polar surface area (TPSA) is 101 Å². The normalized spacial score (nSPS) is 13.5. The van der Waals surface area contributed by atoms with Gasteiger partial charge in [-0.25, -0.2) is 9.67 Å². The maximum atomic E-state index is 13.5. The van der Waals surface area contributed by atoms with Gasteiger partial charge in [0.05, 0.1) is 36.5 Å². The van der Waals surface area contributed by atoms with E-state index in [9.17, 15) is 4.79 Å². The van der Waals surface area contributed by atoms with Gasteiger partial charge in [-0.1, -0.05) is 12.1 Å². The Morgan fingerprint density at radius 1 is 1.06 bits per heavy atom. The molecule has 4 heterocycles. The molecule has 3 aromatic heterocycles. The molecule has 5 rings (SSSR count). The quantitative estimate of drug-likeness (QED) is 0.459. The van der Waals surface area contributed by atoms with Crippen molar-refractivity contribution < 1.29 is 9.53 Å². The van der Waals surface area contributed by atoms with Crippen LogP contribution in [0.2, 0.25) is 0 Å². The van der Waals surface area contributed by atoms with Gasteiger partial charge in [-0.3, -0.25) is 9.78 Å². The minimum atomic E-state index is -0.204. The van der Waals surface area contributed by atoms with Crippen LogP contribution < -0.4 is 10.2 Å². The molecule has 4 aromatic rings. The number of ether oxygens (including phenoxy) is 1. The Kier molecular flexibility index (Phi) is 6.36. The predicted octanol–water partition coefficient (Wildman–Crippen LogP) is 3.01. The molecule has 1 amide bonds. The van der Waals surface area contributed by atoms with E-state index in [1.165, 1.54) is 4.90 Å². The second-order valence-electron chi connectivity index (χ2n) is 8.26. The monoisotopic (exact) mass is 470 g/mol. The van der Waals surface area contributed by atoms with E-state index in [4.69, 9.17) is 14.7 Å². The van der Waals surface area contributed by atoms with Crippen molar-refractivity contribution >= 4 is 23.4 Å². The zero-order chi connectivity index (χ0) is 24.2. The Morgan fingerprint density at radius 3 is 2.63 bits per heavy atom. The van der Waals surface area contributed by atoms with Crippen molar-refractivity contribution in [2.75, 3.05) is 50.6 Å². The Balaban J connectivity index is 1.71. The van der Waals surface area contributed by atoms with E-state index >= 15 is 0 Å². The summed E-state index contributed by atoms with van der Waals surface area (Å²) in [4.78, 5) is 31.0. The Morgan fingerprint density at radius 2 is 1.91 bits per heavy atom. The van der Waals surface area contributed by atoms with E-state index in [1.807, 2.05) is 48.7 Å². The minimum absolute atomic E-state index is 0.204. The average molecular weight is 471 g/mol. The third-order valence-electron chi connectivity index (χ3n) is 5.62. The smallest absolute Gasteiger partial charge is 0.259 e. The lowest BCUT2D eigenvalue weighted by Gasteiger charge is -2.28. The summed E-state index contributed by atoms with van der Waals surface area (Å²) >= 11 is 0. The number of amides is 1. The average Bonchev–Trinajstić information content (AvgIpc) is 3.44. The van der Waals surface area contributed by atoms with Crippen LogP contribution >= 0.6 is 0 Å². The molecule has 178 valence electrons. The van der Waals surface area contributed by atoms with Crippen molar-refractivity contribution in [2.45, 2.75) is 0 Å². The number of anilines is 3. The Labute approximate surface area is 203 Å². The molecule has 1 aromatic carbocycles. The molecule has 0 radical (unpaired) electrons. The molecule has 1 aliphatic rings. The lowest BCUT2D eigenvalue weighted by Crippen LogP contribution is -2.37. The highest BCUT2D eigenvalue weighted by atomic mass is 16.5. The van der Waals surface area contributed by atoms with E-state index in [2.05, 4.69) is 20.3 Å². The number of nitrogens with zero attached hydrogens (tertiary/aromatic N) is 7. The van der Waals surface area contributed by atoms with E-state index < -0.39 is 0 Å². The molecule has 1 saturated heterocycles. The maximum Gasteiger partial charge on any atom is 0.259 e. The number of nitrogens with one attached hydrogen (secondary N) is 1. The van der Waals surface area contributed by atoms with Crippen LogP contribution in [0, 0.1) is 0 Å². The fourth-order valence-corrected chi connectivity index (χ4v) is 3.87. The van der Waals surface area contributed by atoms with Crippen molar-refractivity contribution in [3.63, 3.8) is 0 Å². The van der Waals surface area contributed by atoms with Gasteiger partial charge in [0, 0.05) is 51.3 Å². The number of aromatic nitrogens is 5. The number of carbonyl (C=O) groups excluding carboxylic acids is 1. The van der Waals surface area contributed by atoms with Crippen LogP contribution in [0.25, 0.3) is 16.9 Å². The molecular formula is C25H26N8O2. The first-order chi connectivity index (χ1) is 17.1. The third kappa shape index (κ3) is 4.82. The standard InChI is InChI=1S/C25H26N8O2/c1-31(2)24(34)21-22(18-6-3-8-20(16-18)33-11-5-10-27-33)29-25(32-12-14-35-15-13-32)30-23(21)28-19-7-4-9-26-17-19/h3-11,16-17H,12-15H2,1-2H3,(H,28,29,30). The molecular weight excluding hydrogens is 444 g/mol. The number of hydrogen-bond acceptors (Lipinski definition) is 8. The fraction of sp³-hybridized carbons (Fsp3) is 0.240. The van der Waals surface area contributed by atoms with E-state index in [-0.39, 0.29) is 5.91 Å². The first kappa shape index (κ1) is 22.5. The lowest BCUT2D eigenvalue weighted by molar-refractivity contribution is 0.0828. The second kappa shape index (κ2) is 9.90. The van der Waals surface area contributed by atoms with Gasteiger partial charge in [-0.05, 0) is 30.3 Å². The van der Waals surface area contributed by atoms with Gasteiger partial charge in [-0.2, -0.15) is 10.1 Å². The van der Waals surface area contributed by atoms with Gasteiger partial charge >= 0.3 is 0 Å². The first-order valence-corrected chi connectivity index (χ1v) is 11.3. The van der Waals surface area contributed by atoms with Crippen LogP contribution in [-0.2, 0) is 4.74 Å². The number of rotatable bonds is 6. The molecule has 0 spiro atoms. The second-order valence-corrected chi connectivity index (χ2v) is 8.26. The summed E-state index contributed by atoms with van der Waals surface area (Å²) in [7, 11) is 3.44. The van der Waals surface area contributed by atoms with Crippen molar-refractivity contribution in [3.05, 3.63) is 72.8 Å². The molecule has 1 N–H and O–H groups in total. The molecule has 10 nitrogen and oxygen atoms in total. The van der Waals surface area contributed by atoms with Gasteiger partial charge in [-0.15, -0.1) is 0 Å². The van der Waals surface area contributed by atoms with Crippen LogP contribution in [0.1, 0.15) is 10.4 Å². The van der Waals surface area contributed by atoms with Crippen LogP contribution in [0.4, 0.5) is 17.5 Å². The molecule has 0 saturated carbocycles. The third-order valence-corrected chi connectivity index (χ3v) is 5.62. The highest BCUT2D eigenvalue weighted by molar-refractivity contribution is 6.05.